The fourth-order valence-electron chi connectivity index (χ4n) is 5.38. The number of hydrogen-bond donors (Lipinski definition) is 0. The van der Waals surface area contributed by atoms with Crippen molar-refractivity contribution in [1.82, 2.24) is 0 Å². The number of fused-ring (bicyclic) bond motifs is 1. The minimum atomic E-state index is -1.89. The molecule has 1 aliphatic carbocycles. The Kier molecular flexibility index (Phi) is 5.19. The van der Waals surface area contributed by atoms with Crippen molar-refractivity contribution < 1.29 is 14.0 Å². The predicted octanol–water partition coefficient (Wildman–Crippen LogP) is 5.67. The summed E-state index contributed by atoms with van der Waals surface area (Å²) in [6, 6.07) is 0. The summed E-state index contributed by atoms with van der Waals surface area (Å²) in [6.07, 6.45) is 6.14. The average Bonchev–Trinajstić information content (AvgIpc) is 2.84. The first-order chi connectivity index (χ1) is 12.4. The zero-order valence-corrected chi connectivity index (χ0v) is 19.2. The van der Waals surface area contributed by atoms with Crippen molar-refractivity contribution in [1.29, 1.82) is 0 Å². The molecule has 5 atom stereocenters. The molecule has 0 aromatic heterocycles. The number of carbonyl (C=O) groups excluding carboxylic acids is 1. The number of hydrogen-bond acceptors (Lipinski definition) is 3. The number of Topliss-reactive ketones (excluding diaryl/α,β-unsaturated/α-hetero) is 1. The second kappa shape index (κ2) is 6.67. The van der Waals surface area contributed by atoms with E-state index < -0.39 is 19.5 Å². The molecule has 1 saturated carbocycles. The second-order valence-electron chi connectivity index (χ2n) is 10.7. The smallest absolute Gasteiger partial charge is 0.192 e. The monoisotopic (exact) mass is 390 g/mol. The lowest BCUT2D eigenvalue weighted by atomic mass is 9.60. The van der Waals surface area contributed by atoms with Crippen molar-refractivity contribution in [2.24, 2.45) is 17.8 Å². The van der Waals surface area contributed by atoms with E-state index in [2.05, 4.69) is 53.9 Å². The third-order valence-electron chi connectivity index (χ3n) is 8.09. The van der Waals surface area contributed by atoms with E-state index in [1.165, 1.54) is 5.57 Å². The van der Waals surface area contributed by atoms with E-state index in [0.29, 0.717) is 31.1 Å². The third kappa shape index (κ3) is 3.22. The van der Waals surface area contributed by atoms with Gasteiger partial charge in [0.2, 0.25) is 0 Å². The summed E-state index contributed by atoms with van der Waals surface area (Å²) in [4.78, 5) is 13.3. The highest BCUT2D eigenvalue weighted by molar-refractivity contribution is 6.74. The van der Waals surface area contributed by atoms with Gasteiger partial charge >= 0.3 is 0 Å². The molecule has 4 heteroatoms. The van der Waals surface area contributed by atoms with Gasteiger partial charge in [-0.05, 0) is 49.7 Å². The van der Waals surface area contributed by atoms with Crippen molar-refractivity contribution >= 4 is 14.1 Å². The summed E-state index contributed by atoms with van der Waals surface area (Å²) in [6.45, 7) is 22.3. The molecule has 0 aromatic carbocycles. The normalized spacial score (nSPS) is 39.4. The van der Waals surface area contributed by atoms with Crippen LogP contribution in [0.15, 0.2) is 24.8 Å². The van der Waals surface area contributed by atoms with Crippen LogP contribution in [-0.2, 0) is 14.0 Å². The highest BCUT2D eigenvalue weighted by Crippen LogP contribution is 2.62. The second-order valence-corrected chi connectivity index (χ2v) is 15.5. The zero-order chi connectivity index (χ0) is 20.3. The Morgan fingerprint density at radius 1 is 1.37 bits per heavy atom. The standard InChI is InChI=1S/C23H38O3Si/c1-9-10-19-20(24)14-22(15-25-27(7,8)21(4,5)6)13-18-12-11-16(2)17(3)23(18,19)26-22/h9,17-19H,1-2,10-15H2,3-8H3/t17-,18-,19-,22+,23-/m1/s1. The molecule has 0 unspecified atom stereocenters. The Morgan fingerprint density at radius 2 is 2.04 bits per heavy atom. The molecule has 3 aliphatic rings. The Balaban J connectivity index is 1.93. The molecule has 2 saturated heterocycles. The van der Waals surface area contributed by atoms with Crippen molar-refractivity contribution in [3.8, 4) is 0 Å². The van der Waals surface area contributed by atoms with Crippen LogP contribution in [0, 0.1) is 17.8 Å². The van der Waals surface area contributed by atoms with Gasteiger partial charge in [-0.2, -0.15) is 0 Å². The topological polar surface area (TPSA) is 35.5 Å². The SMILES string of the molecule is C=CC[C@@H]1C(=O)C[C@]2(CO[Si](C)(C)C(C)(C)C)C[C@H]3CCC(=C)[C@@H](C)[C@@]31O2. The highest BCUT2D eigenvalue weighted by Gasteiger charge is 2.68. The predicted molar refractivity (Wildman–Crippen MR) is 113 cm³/mol. The fraction of sp³-hybridized carbons (Fsp3) is 0.783. The van der Waals surface area contributed by atoms with Gasteiger partial charge in [0.05, 0.1) is 23.7 Å². The maximum absolute atomic E-state index is 13.3. The van der Waals surface area contributed by atoms with E-state index in [4.69, 9.17) is 9.16 Å². The van der Waals surface area contributed by atoms with E-state index in [9.17, 15) is 4.79 Å². The molecular weight excluding hydrogens is 352 g/mol. The van der Waals surface area contributed by atoms with E-state index in [0.717, 1.165) is 19.3 Å². The minimum Gasteiger partial charge on any atom is -0.414 e. The van der Waals surface area contributed by atoms with E-state index >= 15 is 0 Å². The van der Waals surface area contributed by atoms with Gasteiger partial charge < -0.3 is 9.16 Å². The third-order valence-corrected chi connectivity index (χ3v) is 12.6. The van der Waals surface area contributed by atoms with Crippen molar-refractivity contribution in [3.05, 3.63) is 24.8 Å². The first kappa shape index (κ1) is 21.0. The molecule has 2 heterocycles. The van der Waals surface area contributed by atoms with Crippen LogP contribution < -0.4 is 0 Å². The Labute approximate surface area is 166 Å². The highest BCUT2D eigenvalue weighted by atomic mass is 28.4. The molecule has 3 nitrogen and oxygen atoms in total. The summed E-state index contributed by atoms with van der Waals surface area (Å²) in [5.41, 5.74) is 0.375. The van der Waals surface area contributed by atoms with Crippen molar-refractivity contribution in [2.45, 2.75) is 89.1 Å². The lowest BCUT2D eigenvalue weighted by molar-refractivity contribution is -0.207. The van der Waals surface area contributed by atoms with Gasteiger partial charge in [-0.1, -0.05) is 45.9 Å². The van der Waals surface area contributed by atoms with Crippen LogP contribution in [0.2, 0.25) is 18.1 Å². The quantitative estimate of drug-likeness (QED) is 0.448. The molecule has 3 fully saturated rings. The lowest BCUT2D eigenvalue weighted by Crippen LogP contribution is -2.59. The lowest BCUT2D eigenvalue weighted by Gasteiger charge is -2.52. The summed E-state index contributed by atoms with van der Waals surface area (Å²) in [5, 5.41) is 0.151. The van der Waals surface area contributed by atoms with Crippen LogP contribution in [0.4, 0.5) is 0 Å². The first-order valence-corrected chi connectivity index (χ1v) is 13.4. The minimum absolute atomic E-state index is 0.0875. The van der Waals surface area contributed by atoms with Gasteiger partial charge in [-0.15, -0.1) is 6.58 Å². The molecule has 0 aromatic rings. The summed E-state index contributed by atoms with van der Waals surface area (Å²) in [7, 11) is -1.89. The molecule has 0 radical (unpaired) electrons. The number of ketones is 1. The van der Waals surface area contributed by atoms with Gasteiger partial charge in [-0.3, -0.25) is 4.79 Å². The van der Waals surface area contributed by atoms with Crippen LogP contribution in [-0.4, -0.2) is 31.9 Å². The Bertz CT molecular complexity index is 646. The van der Waals surface area contributed by atoms with Crippen LogP contribution in [0.1, 0.15) is 59.8 Å². The van der Waals surface area contributed by atoms with E-state index in [1.807, 2.05) is 6.08 Å². The zero-order valence-electron chi connectivity index (χ0n) is 18.2. The average molecular weight is 391 g/mol. The molecule has 3 rings (SSSR count). The molecule has 1 spiro atoms. The molecule has 0 N–H and O–H groups in total. The summed E-state index contributed by atoms with van der Waals surface area (Å²) in [5.74, 6) is 0.872. The fourth-order valence-corrected chi connectivity index (χ4v) is 6.44. The van der Waals surface area contributed by atoms with Crippen molar-refractivity contribution in [3.63, 3.8) is 0 Å². The Hall–Kier alpha value is -0.713. The van der Waals surface area contributed by atoms with Gasteiger partial charge in [0.25, 0.3) is 0 Å². The largest absolute Gasteiger partial charge is 0.414 e. The van der Waals surface area contributed by atoms with E-state index in [-0.39, 0.29) is 16.9 Å². The van der Waals surface area contributed by atoms with Gasteiger partial charge in [0, 0.05) is 12.3 Å². The maximum atomic E-state index is 13.3. The summed E-state index contributed by atoms with van der Waals surface area (Å²) < 4.78 is 13.6. The van der Waals surface area contributed by atoms with Crippen LogP contribution in [0.25, 0.3) is 0 Å². The summed E-state index contributed by atoms with van der Waals surface area (Å²) >= 11 is 0. The van der Waals surface area contributed by atoms with Crippen LogP contribution in [0.5, 0.6) is 0 Å². The number of rotatable bonds is 5. The van der Waals surface area contributed by atoms with Gasteiger partial charge in [0.1, 0.15) is 5.78 Å². The van der Waals surface area contributed by atoms with Gasteiger partial charge in [-0.25, -0.2) is 0 Å². The van der Waals surface area contributed by atoms with Gasteiger partial charge in [0.15, 0.2) is 8.32 Å². The molecular formula is C23H38O3Si. The van der Waals surface area contributed by atoms with Crippen LogP contribution >= 0.6 is 0 Å². The Morgan fingerprint density at radius 3 is 2.63 bits per heavy atom. The molecule has 2 bridgehead atoms. The number of allylic oxidation sites excluding steroid dienone is 1. The molecule has 27 heavy (non-hydrogen) atoms. The van der Waals surface area contributed by atoms with Crippen LogP contribution in [0.3, 0.4) is 0 Å². The number of carbonyl (C=O) groups is 1. The first-order valence-electron chi connectivity index (χ1n) is 10.5. The molecule has 0 amide bonds. The van der Waals surface area contributed by atoms with Crippen molar-refractivity contribution in [2.75, 3.05) is 6.61 Å². The number of ether oxygens (including phenoxy) is 1. The maximum Gasteiger partial charge on any atom is 0.192 e. The molecule has 2 aliphatic heterocycles. The van der Waals surface area contributed by atoms with E-state index in [1.54, 1.807) is 0 Å². The molecule has 152 valence electrons.